The minimum atomic E-state index is -0.570. The van der Waals surface area contributed by atoms with Gasteiger partial charge in [-0.1, -0.05) is 13.0 Å². The molecule has 5 heteroatoms. The molecule has 0 spiro atoms. The lowest BCUT2D eigenvalue weighted by Crippen LogP contribution is -2.24. The molecule has 5 nitrogen and oxygen atoms in total. The van der Waals surface area contributed by atoms with Crippen molar-refractivity contribution in [2.24, 2.45) is 0 Å². The molecule has 0 radical (unpaired) electrons. The van der Waals surface area contributed by atoms with Gasteiger partial charge in [0.25, 0.3) is 0 Å². The second-order valence-corrected chi connectivity index (χ2v) is 5.41. The van der Waals surface area contributed by atoms with E-state index in [0.717, 1.165) is 35.3 Å². The Morgan fingerprint density at radius 3 is 3.14 bits per heavy atom. The van der Waals surface area contributed by atoms with Crippen molar-refractivity contribution in [1.82, 2.24) is 14.5 Å². The van der Waals surface area contributed by atoms with Crippen molar-refractivity contribution in [1.29, 1.82) is 0 Å². The van der Waals surface area contributed by atoms with E-state index in [2.05, 4.69) is 16.9 Å². The molecular weight excluding hydrogens is 278 g/mol. The molecule has 2 N–H and O–H groups in total. The van der Waals surface area contributed by atoms with Crippen LogP contribution < -0.4 is 4.74 Å². The zero-order valence-electron chi connectivity index (χ0n) is 12.7. The molecule has 0 unspecified atom stereocenters. The van der Waals surface area contributed by atoms with E-state index in [9.17, 15) is 5.11 Å². The summed E-state index contributed by atoms with van der Waals surface area (Å²) in [5, 5.41) is 11.2. The van der Waals surface area contributed by atoms with Crippen molar-refractivity contribution < 1.29 is 9.84 Å². The zero-order valence-corrected chi connectivity index (χ0v) is 12.7. The average molecular weight is 299 g/mol. The van der Waals surface area contributed by atoms with Crippen LogP contribution >= 0.6 is 0 Å². The fourth-order valence-corrected chi connectivity index (χ4v) is 2.61. The van der Waals surface area contributed by atoms with E-state index < -0.39 is 6.10 Å². The maximum absolute atomic E-state index is 10.2. The van der Waals surface area contributed by atoms with Crippen LogP contribution in [0.15, 0.2) is 42.9 Å². The first kappa shape index (κ1) is 14.7. The summed E-state index contributed by atoms with van der Waals surface area (Å²) in [6, 6.07) is 7.84. The molecule has 1 aromatic carbocycles. The summed E-state index contributed by atoms with van der Waals surface area (Å²) in [7, 11) is 0. The summed E-state index contributed by atoms with van der Waals surface area (Å²) in [5.41, 5.74) is 1.03. The third-order valence-corrected chi connectivity index (χ3v) is 3.67. The van der Waals surface area contributed by atoms with Gasteiger partial charge in [-0.15, -0.1) is 0 Å². The van der Waals surface area contributed by atoms with Gasteiger partial charge in [0.2, 0.25) is 0 Å². The SMILES string of the molecule is CCCc1nccn1C[C@@H](O)COc1cccc2[nH]ccc12. The maximum Gasteiger partial charge on any atom is 0.128 e. The fraction of sp³-hybridized carbons (Fsp3) is 0.353. The Kier molecular flexibility index (Phi) is 4.44. The first-order valence-electron chi connectivity index (χ1n) is 7.65. The van der Waals surface area contributed by atoms with Gasteiger partial charge in [0.05, 0.1) is 6.54 Å². The molecule has 0 amide bonds. The van der Waals surface area contributed by atoms with E-state index in [1.807, 2.05) is 41.2 Å². The van der Waals surface area contributed by atoms with Gasteiger partial charge in [0.1, 0.15) is 24.3 Å². The Labute approximate surface area is 129 Å². The Bertz CT molecular complexity index is 732. The van der Waals surface area contributed by atoms with Gasteiger partial charge in [-0.3, -0.25) is 0 Å². The number of fused-ring (bicyclic) bond motifs is 1. The van der Waals surface area contributed by atoms with Crippen LogP contribution in [0.4, 0.5) is 0 Å². The number of aromatic amines is 1. The molecule has 0 saturated carbocycles. The van der Waals surface area contributed by atoms with Gasteiger partial charge >= 0.3 is 0 Å². The number of rotatable bonds is 7. The van der Waals surface area contributed by atoms with Crippen LogP contribution in [0.1, 0.15) is 19.2 Å². The van der Waals surface area contributed by atoms with Crippen molar-refractivity contribution in [2.75, 3.05) is 6.61 Å². The molecule has 0 saturated heterocycles. The third kappa shape index (κ3) is 3.14. The fourth-order valence-electron chi connectivity index (χ4n) is 2.61. The number of H-pyrrole nitrogens is 1. The van der Waals surface area contributed by atoms with E-state index in [-0.39, 0.29) is 6.61 Å². The van der Waals surface area contributed by atoms with E-state index in [1.165, 1.54) is 0 Å². The molecule has 116 valence electrons. The number of nitrogens with one attached hydrogen (secondary N) is 1. The van der Waals surface area contributed by atoms with Gasteiger partial charge in [-0.25, -0.2) is 4.98 Å². The molecule has 3 aromatic rings. The lowest BCUT2D eigenvalue weighted by Gasteiger charge is -2.15. The van der Waals surface area contributed by atoms with E-state index in [1.54, 1.807) is 6.20 Å². The number of aliphatic hydroxyl groups excluding tert-OH is 1. The van der Waals surface area contributed by atoms with E-state index in [0.29, 0.717) is 6.54 Å². The second-order valence-electron chi connectivity index (χ2n) is 5.41. The Hall–Kier alpha value is -2.27. The molecule has 2 heterocycles. The average Bonchev–Trinajstić information content (AvgIpc) is 3.15. The summed E-state index contributed by atoms with van der Waals surface area (Å²) < 4.78 is 7.78. The molecule has 0 aliphatic heterocycles. The van der Waals surface area contributed by atoms with Crippen LogP contribution in [0, 0.1) is 0 Å². The molecule has 0 aliphatic rings. The maximum atomic E-state index is 10.2. The highest BCUT2D eigenvalue weighted by atomic mass is 16.5. The van der Waals surface area contributed by atoms with Crippen LogP contribution in [0.25, 0.3) is 10.9 Å². The molecule has 0 aliphatic carbocycles. The van der Waals surface area contributed by atoms with Crippen molar-refractivity contribution in [3.05, 3.63) is 48.7 Å². The summed E-state index contributed by atoms with van der Waals surface area (Å²) in [5.74, 6) is 1.80. The van der Waals surface area contributed by atoms with Crippen LogP contribution in [0.5, 0.6) is 5.75 Å². The number of imidazole rings is 1. The lowest BCUT2D eigenvalue weighted by atomic mass is 10.2. The smallest absolute Gasteiger partial charge is 0.128 e. The summed E-state index contributed by atoms with van der Waals surface area (Å²) >= 11 is 0. The summed E-state index contributed by atoms with van der Waals surface area (Å²) in [6.07, 6.45) is 6.96. The van der Waals surface area contributed by atoms with E-state index >= 15 is 0 Å². The second kappa shape index (κ2) is 6.66. The van der Waals surface area contributed by atoms with Gasteiger partial charge in [-0.2, -0.15) is 0 Å². The van der Waals surface area contributed by atoms with Gasteiger partial charge in [-0.05, 0) is 24.6 Å². The van der Waals surface area contributed by atoms with Gasteiger partial charge in [0, 0.05) is 35.9 Å². The molecule has 0 fully saturated rings. The lowest BCUT2D eigenvalue weighted by molar-refractivity contribution is 0.0924. The highest BCUT2D eigenvalue weighted by Crippen LogP contribution is 2.24. The highest BCUT2D eigenvalue weighted by molar-refractivity contribution is 5.85. The summed E-state index contributed by atoms with van der Waals surface area (Å²) in [6.45, 7) is 2.88. The molecule has 22 heavy (non-hydrogen) atoms. The Balaban J connectivity index is 1.61. The normalized spacial score (nSPS) is 12.6. The van der Waals surface area contributed by atoms with Crippen molar-refractivity contribution in [3.63, 3.8) is 0 Å². The zero-order chi connectivity index (χ0) is 15.4. The number of aromatic nitrogens is 3. The quantitative estimate of drug-likeness (QED) is 0.705. The largest absolute Gasteiger partial charge is 0.490 e. The van der Waals surface area contributed by atoms with Crippen LogP contribution in [-0.2, 0) is 13.0 Å². The topological polar surface area (TPSA) is 63.1 Å². The van der Waals surface area contributed by atoms with Crippen LogP contribution in [-0.4, -0.2) is 32.4 Å². The molecule has 1 atom stereocenters. The number of ether oxygens (including phenoxy) is 1. The number of hydrogen-bond acceptors (Lipinski definition) is 3. The van der Waals surface area contributed by atoms with Crippen molar-refractivity contribution >= 4 is 10.9 Å². The van der Waals surface area contributed by atoms with Gasteiger partial charge < -0.3 is 19.4 Å². The molecular formula is C17H21N3O2. The highest BCUT2D eigenvalue weighted by Gasteiger charge is 2.11. The van der Waals surface area contributed by atoms with Crippen molar-refractivity contribution in [2.45, 2.75) is 32.4 Å². The minimum Gasteiger partial charge on any atom is -0.490 e. The molecule has 2 aromatic heterocycles. The first-order valence-corrected chi connectivity index (χ1v) is 7.65. The van der Waals surface area contributed by atoms with Crippen LogP contribution in [0.2, 0.25) is 0 Å². The summed E-state index contributed by atoms with van der Waals surface area (Å²) in [4.78, 5) is 7.47. The van der Waals surface area contributed by atoms with Crippen LogP contribution in [0.3, 0.4) is 0 Å². The number of aliphatic hydroxyl groups is 1. The molecule has 0 bridgehead atoms. The van der Waals surface area contributed by atoms with Crippen molar-refractivity contribution in [3.8, 4) is 5.75 Å². The standard InChI is InChI=1S/C17H21N3O2/c1-2-4-17-19-9-10-20(17)11-13(21)12-22-16-6-3-5-15-14(16)7-8-18-15/h3,5-10,13,18,21H,2,4,11-12H2,1H3/t13-/m1/s1. The number of nitrogens with zero attached hydrogens (tertiary/aromatic N) is 2. The number of hydrogen-bond donors (Lipinski definition) is 2. The minimum absolute atomic E-state index is 0.258. The van der Waals surface area contributed by atoms with E-state index in [4.69, 9.17) is 4.74 Å². The molecule has 3 rings (SSSR count). The number of aryl methyl sites for hydroxylation is 1. The third-order valence-electron chi connectivity index (χ3n) is 3.67. The Morgan fingerprint density at radius 2 is 2.27 bits per heavy atom. The Morgan fingerprint density at radius 1 is 1.36 bits per heavy atom. The monoisotopic (exact) mass is 299 g/mol. The first-order chi connectivity index (χ1) is 10.8. The number of benzene rings is 1. The van der Waals surface area contributed by atoms with Gasteiger partial charge in [0.15, 0.2) is 0 Å². The predicted molar refractivity (Wildman–Crippen MR) is 86.0 cm³/mol. The predicted octanol–water partition coefficient (Wildman–Crippen LogP) is 2.76.